The summed E-state index contributed by atoms with van der Waals surface area (Å²) < 4.78 is 23.4. The number of rotatable bonds is 4. The van der Waals surface area contributed by atoms with Crippen molar-refractivity contribution in [3.05, 3.63) is 24.3 Å². The van der Waals surface area contributed by atoms with E-state index in [1.165, 1.54) is 11.8 Å². The summed E-state index contributed by atoms with van der Waals surface area (Å²) in [6.07, 6.45) is 0. The number of thioether (sulfide) groups is 1. The van der Waals surface area contributed by atoms with Crippen LogP contribution in [-0.2, 0) is 9.05 Å². The Balaban J connectivity index is 2.05. The molecule has 7 heteroatoms. The van der Waals surface area contributed by atoms with Crippen LogP contribution in [0.4, 0.5) is 0 Å². The third-order valence-electron chi connectivity index (χ3n) is 1.83. The molecular formula is C9H8ClNO2S3. The van der Waals surface area contributed by atoms with Gasteiger partial charge in [0.25, 0.3) is 0 Å². The minimum atomic E-state index is -3.40. The summed E-state index contributed by atoms with van der Waals surface area (Å²) in [7, 11) is 1.72. The lowest BCUT2D eigenvalue weighted by molar-refractivity contribution is 0.611. The maximum Gasteiger partial charge on any atom is 0.233 e. The normalized spacial score (nSPS) is 12.1. The summed E-state index contributed by atoms with van der Waals surface area (Å²) in [4.78, 5) is 4.38. The number of fused-ring (bicyclic) bond motifs is 1. The minimum absolute atomic E-state index is 0.0326. The monoisotopic (exact) mass is 293 g/mol. The van der Waals surface area contributed by atoms with Crippen LogP contribution >= 0.6 is 33.8 Å². The van der Waals surface area contributed by atoms with Crippen molar-refractivity contribution >= 4 is 53.0 Å². The molecular weight excluding hydrogens is 286 g/mol. The van der Waals surface area contributed by atoms with Gasteiger partial charge in [0.15, 0.2) is 4.34 Å². The molecule has 16 heavy (non-hydrogen) atoms. The maximum atomic E-state index is 10.7. The maximum absolute atomic E-state index is 10.7. The van der Waals surface area contributed by atoms with E-state index in [2.05, 4.69) is 4.98 Å². The molecule has 0 atom stereocenters. The second kappa shape index (κ2) is 4.91. The molecule has 0 N–H and O–H groups in total. The molecule has 0 saturated carbocycles. The van der Waals surface area contributed by atoms with Gasteiger partial charge in [-0.3, -0.25) is 0 Å². The van der Waals surface area contributed by atoms with Gasteiger partial charge in [0.2, 0.25) is 9.05 Å². The summed E-state index contributed by atoms with van der Waals surface area (Å²) in [5, 5.41) is 0. The largest absolute Gasteiger partial charge is 0.233 e. The molecule has 0 spiro atoms. The highest BCUT2D eigenvalue weighted by Gasteiger charge is 2.07. The zero-order valence-corrected chi connectivity index (χ0v) is 11.3. The molecule has 1 aromatic carbocycles. The lowest BCUT2D eigenvalue weighted by Gasteiger charge is -1.93. The van der Waals surface area contributed by atoms with E-state index in [1.807, 2.05) is 24.3 Å². The Kier molecular flexibility index (Phi) is 3.73. The minimum Gasteiger partial charge on any atom is -0.230 e. The van der Waals surface area contributed by atoms with E-state index < -0.39 is 9.05 Å². The van der Waals surface area contributed by atoms with Gasteiger partial charge < -0.3 is 0 Å². The summed E-state index contributed by atoms with van der Waals surface area (Å²) in [5.74, 6) is 0.404. The highest BCUT2D eigenvalue weighted by atomic mass is 35.7. The first-order chi connectivity index (χ1) is 7.54. The molecule has 0 unspecified atom stereocenters. The predicted octanol–water partition coefficient (Wildman–Crippen LogP) is 2.96. The highest BCUT2D eigenvalue weighted by Crippen LogP contribution is 2.29. The molecule has 2 rings (SSSR count). The van der Waals surface area contributed by atoms with Crippen LogP contribution in [0.2, 0.25) is 0 Å². The molecule has 0 fully saturated rings. The zero-order chi connectivity index (χ0) is 11.6. The Morgan fingerprint density at radius 3 is 2.81 bits per heavy atom. The van der Waals surface area contributed by atoms with Crippen molar-refractivity contribution in [2.75, 3.05) is 11.5 Å². The average molecular weight is 294 g/mol. The summed E-state index contributed by atoms with van der Waals surface area (Å²) in [5.41, 5.74) is 0.948. The van der Waals surface area contributed by atoms with E-state index in [4.69, 9.17) is 10.7 Å². The van der Waals surface area contributed by atoms with Crippen molar-refractivity contribution in [1.29, 1.82) is 0 Å². The predicted molar refractivity (Wildman–Crippen MR) is 70.0 cm³/mol. The molecule has 0 saturated heterocycles. The van der Waals surface area contributed by atoms with Gasteiger partial charge >= 0.3 is 0 Å². The van der Waals surface area contributed by atoms with Crippen LogP contribution in [0.1, 0.15) is 0 Å². The van der Waals surface area contributed by atoms with Gasteiger partial charge in [0.05, 0.1) is 16.0 Å². The van der Waals surface area contributed by atoms with Gasteiger partial charge in [-0.2, -0.15) is 0 Å². The SMILES string of the molecule is O=S(=O)(Cl)CCSc1nc2ccccc2s1. The standard InChI is InChI=1S/C9H8ClNO2S3/c10-16(12,13)6-5-14-9-11-7-3-1-2-4-8(7)15-9/h1-4H,5-6H2. The third kappa shape index (κ3) is 3.35. The van der Waals surface area contributed by atoms with Gasteiger partial charge in [-0.25, -0.2) is 13.4 Å². The fraction of sp³-hybridized carbons (Fsp3) is 0.222. The van der Waals surface area contributed by atoms with Gasteiger partial charge in [0, 0.05) is 16.4 Å². The van der Waals surface area contributed by atoms with E-state index in [0.29, 0.717) is 5.75 Å². The first kappa shape index (κ1) is 12.2. The Morgan fingerprint density at radius 2 is 2.12 bits per heavy atom. The number of hydrogen-bond donors (Lipinski definition) is 0. The fourth-order valence-corrected chi connectivity index (χ4v) is 4.63. The van der Waals surface area contributed by atoms with E-state index in [-0.39, 0.29) is 5.75 Å². The quantitative estimate of drug-likeness (QED) is 0.642. The molecule has 1 heterocycles. The molecule has 0 bridgehead atoms. The Labute approximate surface area is 106 Å². The summed E-state index contributed by atoms with van der Waals surface area (Å²) in [6.45, 7) is 0. The molecule has 0 amide bonds. The van der Waals surface area contributed by atoms with Crippen LogP contribution in [0.3, 0.4) is 0 Å². The van der Waals surface area contributed by atoms with Crippen LogP contribution in [0, 0.1) is 0 Å². The van der Waals surface area contributed by atoms with Crippen molar-refractivity contribution in [3.8, 4) is 0 Å². The van der Waals surface area contributed by atoms with Crippen LogP contribution in [-0.4, -0.2) is 24.9 Å². The van der Waals surface area contributed by atoms with Crippen LogP contribution in [0.15, 0.2) is 28.6 Å². The molecule has 1 aromatic heterocycles. The van der Waals surface area contributed by atoms with Crippen molar-refractivity contribution < 1.29 is 8.42 Å². The fourth-order valence-electron chi connectivity index (χ4n) is 1.14. The first-order valence-electron chi connectivity index (χ1n) is 4.45. The molecule has 2 aromatic rings. The topological polar surface area (TPSA) is 47.0 Å². The zero-order valence-electron chi connectivity index (χ0n) is 8.09. The van der Waals surface area contributed by atoms with E-state index in [0.717, 1.165) is 14.6 Å². The second-order valence-electron chi connectivity index (χ2n) is 3.04. The van der Waals surface area contributed by atoms with Crippen LogP contribution in [0.25, 0.3) is 10.2 Å². The van der Waals surface area contributed by atoms with Gasteiger partial charge in [-0.15, -0.1) is 11.3 Å². The number of benzene rings is 1. The average Bonchev–Trinajstić information content (AvgIpc) is 2.57. The summed E-state index contributed by atoms with van der Waals surface area (Å²) >= 11 is 2.98. The molecule has 86 valence electrons. The lowest BCUT2D eigenvalue weighted by Crippen LogP contribution is -1.99. The van der Waals surface area contributed by atoms with Gasteiger partial charge in [-0.05, 0) is 12.1 Å². The Bertz CT molecular complexity index is 561. The molecule has 3 nitrogen and oxygen atoms in total. The number of para-hydroxylation sites is 1. The number of halogens is 1. The number of nitrogens with zero attached hydrogens (tertiary/aromatic N) is 1. The van der Waals surface area contributed by atoms with Gasteiger partial charge in [-0.1, -0.05) is 23.9 Å². The Morgan fingerprint density at radius 1 is 1.38 bits per heavy atom. The van der Waals surface area contributed by atoms with E-state index >= 15 is 0 Å². The number of aromatic nitrogens is 1. The molecule has 0 aliphatic rings. The lowest BCUT2D eigenvalue weighted by atomic mass is 10.3. The Hall–Kier alpha value is -0.300. The van der Waals surface area contributed by atoms with Crippen molar-refractivity contribution in [2.24, 2.45) is 0 Å². The van der Waals surface area contributed by atoms with E-state index in [1.54, 1.807) is 11.3 Å². The third-order valence-corrected chi connectivity index (χ3v) is 5.42. The van der Waals surface area contributed by atoms with Crippen molar-refractivity contribution in [2.45, 2.75) is 4.34 Å². The van der Waals surface area contributed by atoms with Crippen molar-refractivity contribution in [3.63, 3.8) is 0 Å². The number of hydrogen-bond acceptors (Lipinski definition) is 5. The molecule has 0 radical (unpaired) electrons. The second-order valence-corrected chi connectivity index (χ2v) is 8.31. The molecule has 0 aliphatic carbocycles. The van der Waals surface area contributed by atoms with Gasteiger partial charge in [0.1, 0.15) is 0 Å². The smallest absolute Gasteiger partial charge is 0.230 e. The van der Waals surface area contributed by atoms with Crippen LogP contribution in [0.5, 0.6) is 0 Å². The highest BCUT2D eigenvalue weighted by molar-refractivity contribution is 8.14. The molecule has 0 aliphatic heterocycles. The van der Waals surface area contributed by atoms with Crippen LogP contribution < -0.4 is 0 Å². The number of thiazole rings is 1. The van der Waals surface area contributed by atoms with E-state index in [9.17, 15) is 8.42 Å². The first-order valence-corrected chi connectivity index (χ1v) is 8.73. The summed E-state index contributed by atoms with van der Waals surface area (Å²) in [6, 6.07) is 7.82. The van der Waals surface area contributed by atoms with Crippen molar-refractivity contribution in [1.82, 2.24) is 4.98 Å².